The van der Waals surface area contributed by atoms with Gasteiger partial charge in [0.2, 0.25) is 0 Å². The van der Waals surface area contributed by atoms with Crippen LogP contribution in [0.15, 0.2) is 0 Å². The number of aliphatic hydroxyl groups excluding tert-OH is 1. The van der Waals surface area contributed by atoms with Crippen LogP contribution in [0.3, 0.4) is 0 Å². The molecule has 1 aliphatic carbocycles. The van der Waals surface area contributed by atoms with Crippen LogP contribution in [-0.2, 0) is 4.74 Å². The molecular weight excluding hydrogens is 188 g/mol. The molecule has 1 saturated carbocycles. The van der Waals surface area contributed by atoms with E-state index in [1.54, 1.807) is 0 Å². The first-order valence-corrected chi connectivity index (χ1v) is 6.61. The van der Waals surface area contributed by atoms with E-state index in [4.69, 9.17) is 4.74 Å². The number of ether oxygens (including phenoxy) is 1. The number of epoxide rings is 1. The molecule has 0 bridgehead atoms. The summed E-state index contributed by atoms with van der Waals surface area (Å²) in [4.78, 5) is 0. The van der Waals surface area contributed by atoms with Crippen molar-refractivity contribution >= 4 is 0 Å². The molecule has 2 rings (SSSR count). The van der Waals surface area contributed by atoms with Crippen molar-refractivity contribution in [3.8, 4) is 0 Å². The molecule has 1 heterocycles. The van der Waals surface area contributed by atoms with E-state index in [9.17, 15) is 5.11 Å². The van der Waals surface area contributed by atoms with Gasteiger partial charge in [0, 0.05) is 0 Å². The second kappa shape index (κ2) is 5.31. The van der Waals surface area contributed by atoms with Crippen molar-refractivity contribution in [1.82, 2.24) is 0 Å². The molecule has 2 heteroatoms. The molecule has 0 spiro atoms. The van der Waals surface area contributed by atoms with Gasteiger partial charge in [0.05, 0.1) is 18.8 Å². The Bertz CT molecular complexity index is 183. The van der Waals surface area contributed by atoms with E-state index >= 15 is 0 Å². The summed E-state index contributed by atoms with van der Waals surface area (Å²) >= 11 is 0. The maximum Gasteiger partial charge on any atom is 0.0838 e. The van der Waals surface area contributed by atoms with Crippen molar-refractivity contribution in [2.45, 2.75) is 64.1 Å². The maximum atomic E-state index is 10.2. The minimum Gasteiger partial charge on any atom is -0.393 e. The van der Waals surface area contributed by atoms with Gasteiger partial charge in [-0.05, 0) is 31.1 Å². The van der Waals surface area contributed by atoms with E-state index < -0.39 is 0 Å². The maximum absolute atomic E-state index is 10.2. The zero-order valence-corrected chi connectivity index (χ0v) is 9.82. The molecule has 3 atom stereocenters. The van der Waals surface area contributed by atoms with Gasteiger partial charge in [0.1, 0.15) is 0 Å². The summed E-state index contributed by atoms with van der Waals surface area (Å²) in [6, 6.07) is 0. The van der Waals surface area contributed by atoms with E-state index in [2.05, 4.69) is 6.92 Å². The van der Waals surface area contributed by atoms with Gasteiger partial charge in [-0.25, -0.2) is 0 Å². The van der Waals surface area contributed by atoms with Gasteiger partial charge in [0.25, 0.3) is 0 Å². The third kappa shape index (κ3) is 3.18. The Labute approximate surface area is 93.0 Å². The van der Waals surface area contributed by atoms with Gasteiger partial charge in [0.15, 0.2) is 0 Å². The summed E-state index contributed by atoms with van der Waals surface area (Å²) < 4.78 is 5.34. The number of hydrogen-bond donors (Lipinski definition) is 1. The molecule has 0 aromatic rings. The quantitative estimate of drug-likeness (QED) is 0.711. The lowest BCUT2D eigenvalue weighted by Gasteiger charge is -2.28. The van der Waals surface area contributed by atoms with Gasteiger partial charge < -0.3 is 9.84 Å². The molecule has 0 amide bonds. The Balaban J connectivity index is 1.75. The van der Waals surface area contributed by atoms with Crippen LogP contribution in [0, 0.1) is 11.8 Å². The summed E-state index contributed by atoms with van der Waals surface area (Å²) in [6.45, 7) is 3.13. The molecule has 0 aromatic carbocycles. The fraction of sp³-hybridized carbons (Fsp3) is 1.00. The predicted molar refractivity (Wildman–Crippen MR) is 60.7 cm³/mol. The molecule has 0 aromatic heterocycles. The molecule has 88 valence electrons. The highest BCUT2D eigenvalue weighted by Gasteiger charge is 2.34. The topological polar surface area (TPSA) is 32.8 Å². The van der Waals surface area contributed by atoms with Crippen LogP contribution in [0.2, 0.25) is 0 Å². The molecule has 2 aliphatic rings. The molecule has 3 unspecified atom stereocenters. The van der Waals surface area contributed by atoms with Gasteiger partial charge in [-0.15, -0.1) is 0 Å². The van der Waals surface area contributed by atoms with E-state index in [0.717, 1.165) is 19.4 Å². The van der Waals surface area contributed by atoms with Crippen LogP contribution in [0.1, 0.15) is 51.9 Å². The Morgan fingerprint density at radius 1 is 1.27 bits per heavy atom. The van der Waals surface area contributed by atoms with Crippen LogP contribution in [0.5, 0.6) is 0 Å². The molecular formula is C13H24O2. The van der Waals surface area contributed by atoms with E-state index in [1.165, 1.54) is 32.1 Å². The first kappa shape index (κ1) is 11.4. The number of aliphatic hydroxyl groups is 1. The summed E-state index contributed by atoms with van der Waals surface area (Å²) in [5, 5.41) is 10.2. The van der Waals surface area contributed by atoms with E-state index in [1.807, 2.05) is 0 Å². The van der Waals surface area contributed by atoms with Crippen LogP contribution in [0.25, 0.3) is 0 Å². The SMILES string of the molecule is CCC(CC(O)C1CCCCC1)C1CO1. The summed E-state index contributed by atoms with van der Waals surface area (Å²) in [6.07, 6.45) is 8.99. The summed E-state index contributed by atoms with van der Waals surface area (Å²) in [5.41, 5.74) is 0. The second-order valence-electron chi connectivity index (χ2n) is 5.24. The van der Waals surface area contributed by atoms with Gasteiger partial charge in [-0.2, -0.15) is 0 Å². The molecule has 1 N–H and O–H groups in total. The number of rotatable bonds is 5. The highest BCUT2D eigenvalue weighted by atomic mass is 16.6. The van der Waals surface area contributed by atoms with Crippen molar-refractivity contribution in [2.75, 3.05) is 6.61 Å². The lowest BCUT2D eigenvalue weighted by Crippen LogP contribution is -2.27. The van der Waals surface area contributed by atoms with Crippen molar-refractivity contribution in [1.29, 1.82) is 0 Å². The van der Waals surface area contributed by atoms with Gasteiger partial charge in [-0.1, -0.05) is 32.6 Å². The fourth-order valence-corrected chi connectivity index (χ4v) is 2.93. The van der Waals surface area contributed by atoms with Crippen molar-refractivity contribution in [2.24, 2.45) is 11.8 Å². The average Bonchev–Trinajstić information content (AvgIpc) is 3.10. The van der Waals surface area contributed by atoms with Crippen molar-refractivity contribution in [3.63, 3.8) is 0 Å². The minimum atomic E-state index is -0.0700. The number of hydrogen-bond acceptors (Lipinski definition) is 2. The van der Waals surface area contributed by atoms with Gasteiger partial charge in [-0.3, -0.25) is 0 Å². The van der Waals surface area contributed by atoms with Gasteiger partial charge >= 0.3 is 0 Å². The van der Waals surface area contributed by atoms with Crippen molar-refractivity contribution in [3.05, 3.63) is 0 Å². The standard InChI is InChI=1S/C13H24O2/c1-2-10(13-9-15-13)8-12(14)11-6-4-3-5-7-11/h10-14H,2-9H2,1H3. The van der Waals surface area contributed by atoms with Crippen LogP contribution >= 0.6 is 0 Å². The highest BCUT2D eigenvalue weighted by molar-refractivity contribution is 4.83. The highest BCUT2D eigenvalue weighted by Crippen LogP contribution is 2.33. The van der Waals surface area contributed by atoms with Crippen LogP contribution in [0.4, 0.5) is 0 Å². The normalized spacial score (nSPS) is 31.2. The molecule has 2 fully saturated rings. The molecule has 1 saturated heterocycles. The second-order valence-corrected chi connectivity index (χ2v) is 5.24. The largest absolute Gasteiger partial charge is 0.393 e. The monoisotopic (exact) mass is 212 g/mol. The zero-order valence-electron chi connectivity index (χ0n) is 9.82. The predicted octanol–water partition coefficient (Wildman–Crippen LogP) is 2.74. The average molecular weight is 212 g/mol. The van der Waals surface area contributed by atoms with Crippen LogP contribution < -0.4 is 0 Å². The third-order valence-corrected chi connectivity index (χ3v) is 4.15. The zero-order chi connectivity index (χ0) is 10.7. The molecule has 0 radical (unpaired) electrons. The van der Waals surface area contributed by atoms with E-state index in [0.29, 0.717) is 17.9 Å². The minimum absolute atomic E-state index is 0.0700. The summed E-state index contributed by atoms with van der Waals surface area (Å²) in [7, 11) is 0. The molecule has 2 nitrogen and oxygen atoms in total. The first-order chi connectivity index (χ1) is 7.31. The fourth-order valence-electron chi connectivity index (χ4n) is 2.93. The Morgan fingerprint density at radius 2 is 1.93 bits per heavy atom. The Hall–Kier alpha value is -0.0800. The van der Waals surface area contributed by atoms with Crippen molar-refractivity contribution < 1.29 is 9.84 Å². The van der Waals surface area contributed by atoms with E-state index in [-0.39, 0.29) is 6.10 Å². The third-order valence-electron chi connectivity index (χ3n) is 4.15. The first-order valence-electron chi connectivity index (χ1n) is 6.61. The Kier molecular flexibility index (Phi) is 4.04. The lowest BCUT2D eigenvalue weighted by atomic mass is 9.81. The Morgan fingerprint density at radius 3 is 2.47 bits per heavy atom. The summed E-state index contributed by atoms with van der Waals surface area (Å²) in [5.74, 6) is 1.17. The van der Waals surface area contributed by atoms with Crippen LogP contribution in [-0.4, -0.2) is 23.9 Å². The molecule has 15 heavy (non-hydrogen) atoms. The molecule has 1 aliphatic heterocycles. The smallest absolute Gasteiger partial charge is 0.0838 e. The lowest BCUT2D eigenvalue weighted by molar-refractivity contribution is 0.0567.